The molecule has 0 aliphatic carbocycles. The van der Waals surface area contributed by atoms with E-state index in [0.717, 1.165) is 18.6 Å². The van der Waals surface area contributed by atoms with Crippen molar-refractivity contribution in [2.45, 2.75) is 45.2 Å². The Morgan fingerprint density at radius 1 is 1.53 bits per heavy atom. The molecule has 0 aliphatic heterocycles. The molecule has 1 amide bonds. The SMILES string of the molecule is CNC(C)(C)C(=O)NC(C)CCc1ccco1. The van der Waals surface area contributed by atoms with E-state index >= 15 is 0 Å². The molecule has 4 nitrogen and oxygen atoms in total. The van der Waals surface area contributed by atoms with Crippen LogP contribution in [-0.4, -0.2) is 24.5 Å². The number of nitrogens with one attached hydrogen (secondary N) is 2. The van der Waals surface area contributed by atoms with Gasteiger partial charge >= 0.3 is 0 Å². The van der Waals surface area contributed by atoms with E-state index in [4.69, 9.17) is 4.42 Å². The van der Waals surface area contributed by atoms with Crippen molar-refractivity contribution < 1.29 is 9.21 Å². The molecule has 0 aromatic carbocycles. The van der Waals surface area contributed by atoms with E-state index in [-0.39, 0.29) is 11.9 Å². The van der Waals surface area contributed by atoms with Gasteiger partial charge in [0.2, 0.25) is 5.91 Å². The van der Waals surface area contributed by atoms with E-state index < -0.39 is 5.54 Å². The molecule has 4 heteroatoms. The van der Waals surface area contributed by atoms with Crippen LogP contribution in [0.2, 0.25) is 0 Å². The highest BCUT2D eigenvalue weighted by atomic mass is 16.3. The number of amides is 1. The molecule has 1 rings (SSSR count). The third kappa shape index (κ3) is 4.23. The lowest BCUT2D eigenvalue weighted by atomic mass is 10.0. The largest absolute Gasteiger partial charge is 0.469 e. The second-order valence-electron chi connectivity index (χ2n) is 4.87. The molecule has 0 bridgehead atoms. The molecule has 1 aromatic rings. The van der Waals surface area contributed by atoms with Crippen LogP contribution in [0.5, 0.6) is 0 Å². The Balaban J connectivity index is 2.34. The zero-order valence-corrected chi connectivity index (χ0v) is 11.0. The van der Waals surface area contributed by atoms with E-state index in [9.17, 15) is 4.79 Å². The predicted molar refractivity (Wildman–Crippen MR) is 67.8 cm³/mol. The molecule has 1 heterocycles. The Morgan fingerprint density at radius 2 is 2.24 bits per heavy atom. The van der Waals surface area contributed by atoms with E-state index in [2.05, 4.69) is 10.6 Å². The van der Waals surface area contributed by atoms with Crippen molar-refractivity contribution in [3.63, 3.8) is 0 Å². The summed E-state index contributed by atoms with van der Waals surface area (Å²) in [6, 6.07) is 3.97. The summed E-state index contributed by atoms with van der Waals surface area (Å²) in [6.07, 6.45) is 3.39. The Kier molecular flexibility index (Phi) is 4.75. The highest BCUT2D eigenvalue weighted by Gasteiger charge is 2.25. The van der Waals surface area contributed by atoms with E-state index in [1.807, 2.05) is 32.9 Å². The van der Waals surface area contributed by atoms with Crippen LogP contribution in [0.3, 0.4) is 0 Å². The second kappa shape index (κ2) is 5.87. The first-order valence-electron chi connectivity index (χ1n) is 5.98. The normalized spacial score (nSPS) is 13.4. The standard InChI is InChI=1S/C13H22N2O2/c1-10(7-8-11-6-5-9-17-11)15-12(16)13(2,3)14-4/h5-6,9-10,14H,7-8H2,1-4H3,(H,15,16). The van der Waals surface area contributed by atoms with E-state index in [0.29, 0.717) is 0 Å². The van der Waals surface area contributed by atoms with Crippen molar-refractivity contribution >= 4 is 5.91 Å². The summed E-state index contributed by atoms with van der Waals surface area (Å²) in [4.78, 5) is 11.9. The highest BCUT2D eigenvalue weighted by molar-refractivity contribution is 5.85. The Labute approximate surface area is 103 Å². The zero-order valence-electron chi connectivity index (χ0n) is 11.0. The minimum atomic E-state index is -0.529. The molecule has 1 aromatic heterocycles. The average Bonchev–Trinajstić information content (AvgIpc) is 2.79. The topological polar surface area (TPSA) is 54.3 Å². The first-order chi connectivity index (χ1) is 7.95. The number of likely N-dealkylation sites (N-methyl/N-ethyl adjacent to an activating group) is 1. The summed E-state index contributed by atoms with van der Waals surface area (Å²) in [5.41, 5.74) is -0.529. The fourth-order valence-corrected chi connectivity index (χ4v) is 1.40. The first kappa shape index (κ1) is 13.8. The van der Waals surface area contributed by atoms with Crippen LogP contribution >= 0.6 is 0 Å². The van der Waals surface area contributed by atoms with Gasteiger partial charge in [0.1, 0.15) is 5.76 Å². The molecule has 0 aliphatic rings. The van der Waals surface area contributed by atoms with Gasteiger partial charge < -0.3 is 15.1 Å². The van der Waals surface area contributed by atoms with Crippen LogP contribution in [0, 0.1) is 0 Å². The Bertz CT molecular complexity index is 344. The molecular formula is C13H22N2O2. The number of furan rings is 1. The predicted octanol–water partition coefficient (Wildman–Crippen LogP) is 1.71. The number of rotatable bonds is 6. The van der Waals surface area contributed by atoms with E-state index in [1.165, 1.54) is 0 Å². The average molecular weight is 238 g/mol. The fraction of sp³-hybridized carbons (Fsp3) is 0.615. The molecular weight excluding hydrogens is 216 g/mol. The van der Waals surface area contributed by atoms with Gasteiger partial charge in [0, 0.05) is 12.5 Å². The molecule has 0 fully saturated rings. The van der Waals surface area contributed by atoms with Crippen molar-refractivity contribution in [3.8, 4) is 0 Å². The molecule has 1 atom stereocenters. The van der Waals surface area contributed by atoms with Crippen LogP contribution in [0.1, 0.15) is 33.0 Å². The van der Waals surface area contributed by atoms with Gasteiger partial charge in [-0.3, -0.25) is 4.79 Å². The zero-order chi connectivity index (χ0) is 12.9. The third-order valence-corrected chi connectivity index (χ3v) is 2.97. The van der Waals surface area contributed by atoms with Gasteiger partial charge in [0.25, 0.3) is 0 Å². The Morgan fingerprint density at radius 3 is 2.76 bits per heavy atom. The van der Waals surface area contributed by atoms with Crippen molar-refractivity contribution in [1.82, 2.24) is 10.6 Å². The minimum Gasteiger partial charge on any atom is -0.469 e. The quantitative estimate of drug-likeness (QED) is 0.793. The molecule has 96 valence electrons. The van der Waals surface area contributed by atoms with Gasteiger partial charge in [-0.2, -0.15) is 0 Å². The number of carbonyl (C=O) groups excluding carboxylic acids is 1. The maximum absolute atomic E-state index is 11.9. The first-order valence-corrected chi connectivity index (χ1v) is 5.98. The lowest BCUT2D eigenvalue weighted by Gasteiger charge is -2.25. The summed E-state index contributed by atoms with van der Waals surface area (Å²) < 4.78 is 5.25. The van der Waals surface area contributed by atoms with E-state index in [1.54, 1.807) is 13.3 Å². The maximum Gasteiger partial charge on any atom is 0.239 e. The van der Waals surface area contributed by atoms with Gasteiger partial charge in [-0.15, -0.1) is 0 Å². The monoisotopic (exact) mass is 238 g/mol. The van der Waals surface area contributed by atoms with Crippen LogP contribution in [0.4, 0.5) is 0 Å². The van der Waals surface area contributed by atoms with Gasteiger partial charge in [0.15, 0.2) is 0 Å². The molecule has 2 N–H and O–H groups in total. The van der Waals surface area contributed by atoms with Crippen molar-refractivity contribution in [3.05, 3.63) is 24.2 Å². The maximum atomic E-state index is 11.9. The molecule has 0 spiro atoms. The Hall–Kier alpha value is -1.29. The summed E-state index contributed by atoms with van der Waals surface area (Å²) in [5.74, 6) is 0.978. The molecule has 0 saturated carbocycles. The van der Waals surface area contributed by atoms with Crippen molar-refractivity contribution in [2.24, 2.45) is 0 Å². The summed E-state index contributed by atoms with van der Waals surface area (Å²) in [5, 5.41) is 5.98. The number of hydrogen-bond acceptors (Lipinski definition) is 3. The van der Waals surface area contributed by atoms with Crippen LogP contribution in [0.25, 0.3) is 0 Å². The van der Waals surface area contributed by atoms with Crippen LogP contribution in [0.15, 0.2) is 22.8 Å². The summed E-state index contributed by atoms with van der Waals surface area (Å²) in [7, 11) is 1.78. The fourth-order valence-electron chi connectivity index (χ4n) is 1.40. The number of hydrogen-bond donors (Lipinski definition) is 2. The lowest BCUT2D eigenvalue weighted by Crippen LogP contribution is -2.53. The van der Waals surface area contributed by atoms with Gasteiger partial charge in [0.05, 0.1) is 11.8 Å². The van der Waals surface area contributed by atoms with Crippen LogP contribution < -0.4 is 10.6 Å². The molecule has 0 saturated heterocycles. The van der Waals surface area contributed by atoms with Crippen LogP contribution in [-0.2, 0) is 11.2 Å². The highest BCUT2D eigenvalue weighted by Crippen LogP contribution is 2.07. The van der Waals surface area contributed by atoms with Gasteiger partial charge in [-0.05, 0) is 46.4 Å². The third-order valence-electron chi connectivity index (χ3n) is 2.97. The second-order valence-corrected chi connectivity index (χ2v) is 4.87. The molecule has 0 radical (unpaired) electrons. The molecule has 1 unspecified atom stereocenters. The molecule has 17 heavy (non-hydrogen) atoms. The van der Waals surface area contributed by atoms with Crippen molar-refractivity contribution in [2.75, 3.05) is 7.05 Å². The van der Waals surface area contributed by atoms with Gasteiger partial charge in [-0.1, -0.05) is 0 Å². The van der Waals surface area contributed by atoms with Crippen molar-refractivity contribution in [1.29, 1.82) is 0 Å². The number of aryl methyl sites for hydroxylation is 1. The summed E-state index contributed by atoms with van der Waals surface area (Å²) >= 11 is 0. The minimum absolute atomic E-state index is 0.0203. The summed E-state index contributed by atoms with van der Waals surface area (Å²) in [6.45, 7) is 5.73. The number of carbonyl (C=O) groups is 1. The smallest absolute Gasteiger partial charge is 0.239 e. The van der Waals surface area contributed by atoms with Gasteiger partial charge in [-0.25, -0.2) is 0 Å². The lowest BCUT2D eigenvalue weighted by molar-refractivity contribution is -0.126.